The molecule has 114 valence electrons. The van der Waals surface area contributed by atoms with E-state index in [1.807, 2.05) is 36.4 Å². The molecule has 0 aliphatic heterocycles. The Labute approximate surface area is 133 Å². The molecule has 1 aromatic carbocycles. The Morgan fingerprint density at radius 1 is 1.23 bits per heavy atom. The van der Waals surface area contributed by atoms with E-state index in [9.17, 15) is 8.42 Å². The summed E-state index contributed by atoms with van der Waals surface area (Å²) in [4.78, 5) is 6.42. The van der Waals surface area contributed by atoms with E-state index in [-0.39, 0.29) is 0 Å². The smallest absolute Gasteiger partial charge is 0.201 e. The largest absolute Gasteiger partial charge is 0.497 e. The molecule has 3 aromatic rings. The van der Waals surface area contributed by atoms with Crippen LogP contribution in [0.2, 0.25) is 0 Å². The summed E-state index contributed by atoms with van der Waals surface area (Å²) in [6.07, 6.45) is 1.77. The number of nitrogens with zero attached hydrogens (tertiary/aromatic N) is 1. The molecule has 0 atom stereocenters. The lowest BCUT2D eigenvalue weighted by atomic mass is 10.1. The first kappa shape index (κ1) is 15.0. The molecule has 0 saturated heterocycles. The Balaban J connectivity index is 1.99. The fourth-order valence-electron chi connectivity index (χ4n) is 2.23. The zero-order valence-electron chi connectivity index (χ0n) is 11.8. The summed E-state index contributed by atoms with van der Waals surface area (Å²) in [5, 5.41) is 1.04. The molecule has 0 amide bonds. The van der Waals surface area contributed by atoms with Crippen LogP contribution in [-0.4, -0.2) is 20.5 Å². The van der Waals surface area contributed by atoms with Crippen LogP contribution in [0.5, 0.6) is 5.75 Å². The Morgan fingerprint density at radius 2 is 2.09 bits per heavy atom. The van der Waals surface area contributed by atoms with Crippen LogP contribution in [0.3, 0.4) is 0 Å². The van der Waals surface area contributed by atoms with Gasteiger partial charge >= 0.3 is 0 Å². The van der Waals surface area contributed by atoms with E-state index in [0.29, 0.717) is 6.54 Å². The van der Waals surface area contributed by atoms with Gasteiger partial charge in [-0.1, -0.05) is 0 Å². The molecule has 7 heteroatoms. The fourth-order valence-corrected chi connectivity index (χ4v) is 3.62. The van der Waals surface area contributed by atoms with Crippen LogP contribution in [0.4, 0.5) is 0 Å². The zero-order valence-corrected chi connectivity index (χ0v) is 13.5. The lowest BCUT2D eigenvalue weighted by Crippen LogP contribution is -2.08. The second kappa shape index (κ2) is 6.43. The van der Waals surface area contributed by atoms with Crippen molar-refractivity contribution in [3.05, 3.63) is 47.5 Å². The summed E-state index contributed by atoms with van der Waals surface area (Å²) in [6.45, 7) is 0.320. The highest BCUT2D eigenvalue weighted by atomic mass is 32.2. The number of hydrogen-bond acceptors (Lipinski definition) is 5. The molecule has 0 aliphatic carbocycles. The Kier molecular flexibility index (Phi) is 4.37. The number of thiol groups is 1. The molecule has 3 rings (SSSR count). The van der Waals surface area contributed by atoms with Gasteiger partial charge < -0.3 is 4.74 Å². The summed E-state index contributed by atoms with van der Waals surface area (Å²) in [5.41, 5.74) is 1.95. The lowest BCUT2D eigenvalue weighted by Gasteiger charge is -2.06. The third-order valence-corrected chi connectivity index (χ3v) is 4.79. The first-order valence-electron chi connectivity index (χ1n) is 6.57. The lowest BCUT2D eigenvalue weighted by molar-refractivity contribution is 0.415. The van der Waals surface area contributed by atoms with Crippen molar-refractivity contribution in [3.8, 4) is 16.2 Å². The van der Waals surface area contributed by atoms with Crippen LogP contribution in [0.15, 0.2) is 42.6 Å². The number of nitrogens with one attached hydrogen (secondary N) is 1. The van der Waals surface area contributed by atoms with Gasteiger partial charge in [0.05, 0.1) is 12.6 Å². The van der Waals surface area contributed by atoms with E-state index in [2.05, 4.69) is 9.71 Å². The van der Waals surface area contributed by atoms with Crippen LogP contribution in [0, 0.1) is 0 Å². The average Bonchev–Trinajstić information content (AvgIpc) is 3.00. The van der Waals surface area contributed by atoms with Crippen LogP contribution in [0.1, 0.15) is 4.88 Å². The standard InChI is InChI=1S/C15H14N2O3S2/c1-20-10-2-4-12-13(6-7-16-14(12)8-10)15-5-3-11(21-15)9-17-22(18)19/h2-8,22H,9H2,1H3,(H,17,18,19). The van der Waals surface area contributed by atoms with Gasteiger partial charge in [0.2, 0.25) is 10.9 Å². The normalized spacial score (nSPS) is 11.2. The van der Waals surface area contributed by atoms with Crippen LogP contribution in [0.25, 0.3) is 21.3 Å². The maximum atomic E-state index is 10.6. The summed E-state index contributed by atoms with van der Waals surface area (Å²) in [7, 11) is -0.941. The highest BCUT2D eigenvalue weighted by molar-refractivity contribution is 7.70. The number of pyridine rings is 1. The first-order chi connectivity index (χ1) is 10.7. The Bertz CT molecular complexity index is 879. The molecule has 0 saturated carbocycles. The van der Waals surface area contributed by atoms with E-state index in [1.54, 1.807) is 24.6 Å². The van der Waals surface area contributed by atoms with Crippen LogP contribution in [-0.2, 0) is 17.4 Å². The highest BCUT2D eigenvalue weighted by Crippen LogP contribution is 2.34. The molecule has 2 heterocycles. The van der Waals surface area contributed by atoms with Gasteiger partial charge in [-0.2, -0.15) is 0 Å². The Hall–Kier alpha value is -1.96. The van der Waals surface area contributed by atoms with Gasteiger partial charge in [-0.05, 0) is 30.3 Å². The van der Waals surface area contributed by atoms with Crippen molar-refractivity contribution in [1.82, 2.24) is 9.71 Å². The monoisotopic (exact) mass is 334 g/mol. The average molecular weight is 334 g/mol. The van der Waals surface area contributed by atoms with E-state index < -0.39 is 10.9 Å². The van der Waals surface area contributed by atoms with Crippen molar-refractivity contribution in [2.24, 2.45) is 0 Å². The maximum Gasteiger partial charge on any atom is 0.201 e. The molecule has 0 spiro atoms. The summed E-state index contributed by atoms with van der Waals surface area (Å²) < 4.78 is 28.8. The predicted octanol–water partition coefficient (Wildman–Crippen LogP) is 2.59. The van der Waals surface area contributed by atoms with E-state index in [4.69, 9.17) is 4.74 Å². The second-order valence-electron chi connectivity index (χ2n) is 4.60. The molecule has 2 aromatic heterocycles. The third kappa shape index (κ3) is 3.11. The van der Waals surface area contributed by atoms with Crippen molar-refractivity contribution >= 4 is 33.1 Å². The van der Waals surface area contributed by atoms with Gasteiger partial charge in [-0.15, -0.1) is 11.3 Å². The van der Waals surface area contributed by atoms with Crippen molar-refractivity contribution in [1.29, 1.82) is 0 Å². The minimum atomic E-state index is -2.57. The number of ether oxygens (including phenoxy) is 1. The quantitative estimate of drug-likeness (QED) is 0.704. The predicted molar refractivity (Wildman–Crippen MR) is 88.8 cm³/mol. The zero-order chi connectivity index (χ0) is 15.5. The highest BCUT2D eigenvalue weighted by Gasteiger charge is 2.08. The van der Waals surface area contributed by atoms with Crippen molar-refractivity contribution < 1.29 is 13.2 Å². The molecule has 0 bridgehead atoms. The summed E-state index contributed by atoms with van der Waals surface area (Å²) in [5.74, 6) is 0.771. The maximum absolute atomic E-state index is 10.6. The van der Waals surface area contributed by atoms with Gasteiger partial charge in [0, 0.05) is 39.5 Å². The second-order valence-corrected chi connectivity index (χ2v) is 6.60. The third-order valence-electron chi connectivity index (χ3n) is 3.26. The molecular weight excluding hydrogens is 320 g/mol. The number of thiophene rings is 1. The van der Waals surface area contributed by atoms with Crippen molar-refractivity contribution in [3.63, 3.8) is 0 Å². The number of rotatable bonds is 5. The van der Waals surface area contributed by atoms with Gasteiger partial charge in [-0.3, -0.25) is 4.98 Å². The Morgan fingerprint density at radius 3 is 2.86 bits per heavy atom. The first-order valence-corrected chi connectivity index (χ1v) is 8.56. The van der Waals surface area contributed by atoms with Crippen molar-refractivity contribution in [2.75, 3.05) is 7.11 Å². The molecule has 1 N–H and O–H groups in total. The molecular formula is C15H14N2O3S2. The number of aromatic nitrogens is 1. The molecule has 0 unspecified atom stereocenters. The number of hydrogen-bond donors (Lipinski definition) is 2. The van der Waals surface area contributed by atoms with E-state index in [0.717, 1.165) is 32.0 Å². The number of benzene rings is 1. The van der Waals surface area contributed by atoms with E-state index in [1.165, 1.54) is 0 Å². The van der Waals surface area contributed by atoms with E-state index >= 15 is 0 Å². The minimum absolute atomic E-state index is 0.320. The minimum Gasteiger partial charge on any atom is -0.497 e. The molecule has 0 aliphatic rings. The SMILES string of the molecule is COc1ccc2c(-c3ccc(CN[SH](=O)=O)s3)ccnc2c1. The number of methoxy groups -OCH3 is 1. The summed E-state index contributed by atoms with van der Waals surface area (Å²) in [6, 6.07) is 11.7. The van der Waals surface area contributed by atoms with Gasteiger partial charge in [-0.25, -0.2) is 13.1 Å². The fraction of sp³-hybridized carbons (Fsp3) is 0.133. The van der Waals surface area contributed by atoms with Gasteiger partial charge in [0.25, 0.3) is 0 Å². The van der Waals surface area contributed by atoms with Gasteiger partial charge in [0.1, 0.15) is 5.75 Å². The van der Waals surface area contributed by atoms with Crippen molar-refractivity contribution in [2.45, 2.75) is 6.54 Å². The molecule has 5 nitrogen and oxygen atoms in total. The topological polar surface area (TPSA) is 68.3 Å². The molecule has 0 fully saturated rings. The molecule has 0 radical (unpaired) electrons. The summed E-state index contributed by atoms with van der Waals surface area (Å²) >= 11 is 1.56. The number of fused-ring (bicyclic) bond motifs is 1. The van der Waals surface area contributed by atoms with Crippen LogP contribution < -0.4 is 9.46 Å². The van der Waals surface area contributed by atoms with Crippen LogP contribution >= 0.6 is 11.3 Å². The van der Waals surface area contributed by atoms with Gasteiger partial charge in [0.15, 0.2) is 0 Å². The molecule has 22 heavy (non-hydrogen) atoms.